The van der Waals surface area contributed by atoms with E-state index in [1.54, 1.807) is 10.9 Å². The molecule has 0 radical (unpaired) electrons. The van der Waals surface area contributed by atoms with Crippen LogP contribution in [0.5, 0.6) is 0 Å². The molecule has 1 fully saturated rings. The van der Waals surface area contributed by atoms with Crippen LogP contribution in [0.4, 0.5) is 0 Å². The molecular formula is C17H25N5OS2. The second kappa shape index (κ2) is 7.73. The van der Waals surface area contributed by atoms with Crippen LogP contribution in [-0.4, -0.2) is 65.2 Å². The first-order chi connectivity index (χ1) is 12.2. The van der Waals surface area contributed by atoms with Crippen molar-refractivity contribution in [3.05, 3.63) is 35.4 Å². The summed E-state index contributed by atoms with van der Waals surface area (Å²) in [6.45, 7) is 2.99. The zero-order chi connectivity index (χ0) is 17.2. The highest BCUT2D eigenvalue weighted by Gasteiger charge is 2.26. The van der Waals surface area contributed by atoms with E-state index in [0.717, 1.165) is 37.4 Å². The Morgan fingerprint density at radius 2 is 2.04 bits per heavy atom. The molecular weight excluding hydrogens is 354 g/mol. The van der Waals surface area contributed by atoms with E-state index in [-0.39, 0.29) is 0 Å². The minimum absolute atomic E-state index is 0.643. The van der Waals surface area contributed by atoms with Gasteiger partial charge in [0, 0.05) is 61.9 Å². The molecule has 1 N–H and O–H groups in total. The van der Waals surface area contributed by atoms with E-state index in [4.69, 9.17) is 5.10 Å². The minimum atomic E-state index is -0.718. The molecule has 2 aliphatic rings. The van der Waals surface area contributed by atoms with Gasteiger partial charge in [0.1, 0.15) is 6.10 Å². The molecule has 4 heterocycles. The number of thioether (sulfide) groups is 2. The maximum absolute atomic E-state index is 10.7. The predicted molar refractivity (Wildman–Crippen MR) is 103 cm³/mol. The van der Waals surface area contributed by atoms with Gasteiger partial charge in [-0.25, -0.2) is 0 Å². The molecule has 0 spiro atoms. The highest BCUT2D eigenvalue weighted by Crippen LogP contribution is 2.26. The lowest BCUT2D eigenvalue weighted by molar-refractivity contribution is 0.203. The monoisotopic (exact) mass is 379 g/mol. The van der Waals surface area contributed by atoms with Crippen LogP contribution in [-0.2, 0) is 20.1 Å². The smallest absolute Gasteiger partial charge is 0.139 e. The van der Waals surface area contributed by atoms with Gasteiger partial charge in [-0.15, -0.1) is 0 Å². The maximum atomic E-state index is 10.7. The van der Waals surface area contributed by atoms with Crippen molar-refractivity contribution in [2.24, 2.45) is 7.05 Å². The van der Waals surface area contributed by atoms with Crippen molar-refractivity contribution in [2.45, 2.75) is 31.7 Å². The molecule has 1 atom stereocenters. The molecule has 6 nitrogen and oxygen atoms in total. The van der Waals surface area contributed by atoms with Gasteiger partial charge in [0.25, 0.3) is 0 Å². The Balaban J connectivity index is 1.53. The lowest BCUT2D eigenvalue weighted by Crippen LogP contribution is -2.38. The van der Waals surface area contributed by atoms with Gasteiger partial charge in [-0.2, -0.15) is 33.7 Å². The van der Waals surface area contributed by atoms with Gasteiger partial charge < -0.3 is 5.11 Å². The third-order valence-electron chi connectivity index (χ3n) is 4.99. The van der Waals surface area contributed by atoms with Crippen LogP contribution in [0.15, 0.2) is 18.3 Å². The molecule has 0 aromatic carbocycles. The van der Waals surface area contributed by atoms with Crippen LogP contribution in [0.25, 0.3) is 0 Å². The molecule has 2 aliphatic heterocycles. The van der Waals surface area contributed by atoms with E-state index >= 15 is 0 Å². The standard InChI is InChI=1S/C17H25N5OS2/c1-20-16(3-4-18-20)17(23)15-9-13-10-21(5-2-6-22(13)19-15)14-11-24-7-8-25-12-14/h3-4,9,14,17,23H,2,5-8,10-12H2,1H3/t17-/m1/s1. The number of hydrogen-bond acceptors (Lipinski definition) is 6. The molecule has 4 rings (SSSR count). The van der Waals surface area contributed by atoms with E-state index in [9.17, 15) is 5.11 Å². The minimum Gasteiger partial charge on any atom is -0.380 e. The molecule has 25 heavy (non-hydrogen) atoms. The zero-order valence-corrected chi connectivity index (χ0v) is 16.2. The summed E-state index contributed by atoms with van der Waals surface area (Å²) in [5.41, 5.74) is 2.72. The summed E-state index contributed by atoms with van der Waals surface area (Å²) in [6, 6.07) is 4.57. The van der Waals surface area contributed by atoms with Crippen molar-refractivity contribution in [2.75, 3.05) is 29.6 Å². The third-order valence-corrected chi connectivity index (χ3v) is 7.48. The molecule has 0 saturated carbocycles. The average Bonchev–Trinajstić information content (AvgIpc) is 3.03. The molecule has 0 amide bonds. The van der Waals surface area contributed by atoms with Crippen molar-refractivity contribution in [1.29, 1.82) is 0 Å². The quantitative estimate of drug-likeness (QED) is 0.877. The van der Waals surface area contributed by atoms with Crippen molar-refractivity contribution in [3.8, 4) is 0 Å². The van der Waals surface area contributed by atoms with Crippen LogP contribution >= 0.6 is 23.5 Å². The number of aromatic nitrogens is 4. The third kappa shape index (κ3) is 3.77. The first-order valence-corrected chi connectivity index (χ1v) is 11.2. The second-order valence-electron chi connectivity index (χ2n) is 6.69. The first kappa shape index (κ1) is 17.5. The number of aryl methyl sites for hydroxylation is 2. The fourth-order valence-corrected chi connectivity index (χ4v) is 6.20. The van der Waals surface area contributed by atoms with Crippen LogP contribution in [0.1, 0.15) is 29.6 Å². The van der Waals surface area contributed by atoms with Gasteiger partial charge in [0.05, 0.1) is 17.1 Å². The summed E-state index contributed by atoms with van der Waals surface area (Å²) in [6.07, 6.45) is 2.11. The number of aliphatic hydroxyl groups excluding tert-OH is 1. The summed E-state index contributed by atoms with van der Waals surface area (Å²) in [7, 11) is 1.85. The normalized spacial score (nSPS) is 21.5. The van der Waals surface area contributed by atoms with Gasteiger partial charge >= 0.3 is 0 Å². The molecule has 0 unspecified atom stereocenters. The van der Waals surface area contributed by atoms with Crippen molar-refractivity contribution >= 4 is 23.5 Å². The number of fused-ring (bicyclic) bond motifs is 1. The summed E-state index contributed by atoms with van der Waals surface area (Å²) < 4.78 is 3.80. The molecule has 0 aliphatic carbocycles. The van der Waals surface area contributed by atoms with Gasteiger partial charge in [0.2, 0.25) is 0 Å². The van der Waals surface area contributed by atoms with Gasteiger partial charge in [-0.1, -0.05) is 0 Å². The number of rotatable bonds is 3. The average molecular weight is 380 g/mol. The number of hydrogen-bond donors (Lipinski definition) is 1. The van der Waals surface area contributed by atoms with Gasteiger partial charge in [0.15, 0.2) is 0 Å². The maximum Gasteiger partial charge on any atom is 0.139 e. The molecule has 1 saturated heterocycles. The Bertz CT molecular complexity index is 708. The topological polar surface area (TPSA) is 59.1 Å². The predicted octanol–water partition coefficient (Wildman–Crippen LogP) is 1.75. The van der Waals surface area contributed by atoms with Crippen LogP contribution in [0.2, 0.25) is 0 Å². The molecule has 136 valence electrons. The molecule has 2 aromatic heterocycles. The second-order valence-corrected chi connectivity index (χ2v) is 8.99. The van der Waals surface area contributed by atoms with Gasteiger partial charge in [-0.05, 0) is 18.6 Å². The highest BCUT2D eigenvalue weighted by molar-refractivity contribution is 8.03. The Hall–Kier alpha value is -0.960. The summed E-state index contributed by atoms with van der Waals surface area (Å²) >= 11 is 4.16. The van der Waals surface area contributed by atoms with Crippen molar-refractivity contribution < 1.29 is 5.11 Å². The fourth-order valence-electron chi connectivity index (χ4n) is 3.57. The van der Waals surface area contributed by atoms with Crippen LogP contribution in [0.3, 0.4) is 0 Å². The Morgan fingerprint density at radius 3 is 2.76 bits per heavy atom. The Kier molecular flexibility index (Phi) is 5.40. The number of aliphatic hydroxyl groups is 1. The van der Waals surface area contributed by atoms with E-state index in [0.29, 0.717) is 6.04 Å². The summed E-state index contributed by atoms with van der Waals surface area (Å²) in [4.78, 5) is 2.62. The molecule has 2 aromatic rings. The lowest BCUT2D eigenvalue weighted by Gasteiger charge is -2.28. The lowest BCUT2D eigenvalue weighted by atomic mass is 10.1. The Labute approximate surface area is 157 Å². The summed E-state index contributed by atoms with van der Waals surface area (Å²) in [5.74, 6) is 5.00. The molecule has 8 heteroatoms. The largest absolute Gasteiger partial charge is 0.380 e. The summed E-state index contributed by atoms with van der Waals surface area (Å²) in [5, 5.41) is 19.5. The molecule has 0 bridgehead atoms. The van der Waals surface area contributed by atoms with Crippen molar-refractivity contribution in [3.63, 3.8) is 0 Å². The van der Waals surface area contributed by atoms with Crippen molar-refractivity contribution in [1.82, 2.24) is 24.5 Å². The van der Waals surface area contributed by atoms with Crippen LogP contribution in [0, 0.1) is 0 Å². The zero-order valence-electron chi connectivity index (χ0n) is 14.5. The number of nitrogens with zero attached hydrogens (tertiary/aromatic N) is 5. The Morgan fingerprint density at radius 1 is 1.24 bits per heavy atom. The van der Waals surface area contributed by atoms with E-state index in [2.05, 4.69) is 44.3 Å². The van der Waals surface area contributed by atoms with E-state index < -0.39 is 6.10 Å². The first-order valence-electron chi connectivity index (χ1n) is 8.84. The van der Waals surface area contributed by atoms with Gasteiger partial charge in [-0.3, -0.25) is 14.3 Å². The van der Waals surface area contributed by atoms with Crippen LogP contribution < -0.4 is 0 Å². The van der Waals surface area contributed by atoms with E-state index in [1.165, 1.54) is 28.7 Å². The fraction of sp³-hybridized carbons (Fsp3) is 0.647. The van der Waals surface area contributed by atoms with E-state index in [1.807, 2.05) is 13.1 Å². The highest BCUT2D eigenvalue weighted by atomic mass is 32.2. The SMILES string of the molecule is Cn1nccc1[C@H](O)c1cc2n(n1)CCCN(C1CSCCSC1)C2.